The molecule has 0 aromatic heterocycles. The molecule has 1 rings (SSSR count). The van der Waals surface area contributed by atoms with Crippen LogP contribution in [0, 0.1) is 0 Å². The van der Waals surface area contributed by atoms with E-state index in [1.54, 1.807) is 6.08 Å². The average Bonchev–Trinajstić information content (AvgIpc) is 2.01. The second-order valence-electron chi connectivity index (χ2n) is 3.81. The molecule has 0 aliphatic heterocycles. The molecule has 2 nitrogen and oxygen atoms in total. The van der Waals surface area contributed by atoms with Gasteiger partial charge in [0, 0.05) is 9.15 Å². The van der Waals surface area contributed by atoms with Crippen molar-refractivity contribution in [1.29, 1.82) is 0 Å². The Bertz CT molecular complexity index is 298. The van der Waals surface area contributed by atoms with Gasteiger partial charge in [-0.3, -0.25) is 4.79 Å². The molecular formula is C11H15IO2. The van der Waals surface area contributed by atoms with Crippen molar-refractivity contribution in [2.75, 3.05) is 0 Å². The smallest absolute Gasteiger partial charge is 0.185 e. The van der Waals surface area contributed by atoms with E-state index < -0.39 is 6.10 Å². The lowest BCUT2D eigenvalue weighted by Gasteiger charge is -2.20. The third-order valence-corrected chi connectivity index (χ3v) is 3.31. The molecular weight excluding hydrogens is 291 g/mol. The van der Waals surface area contributed by atoms with Crippen molar-refractivity contribution in [2.24, 2.45) is 0 Å². The average molecular weight is 306 g/mol. The summed E-state index contributed by atoms with van der Waals surface area (Å²) in [6.07, 6.45) is 3.66. The zero-order valence-electron chi connectivity index (χ0n) is 8.51. The van der Waals surface area contributed by atoms with Crippen LogP contribution in [0.4, 0.5) is 0 Å². The fourth-order valence-corrected chi connectivity index (χ4v) is 2.55. The number of hydrogen-bond donors (Lipinski definition) is 1. The molecule has 1 aliphatic carbocycles. The normalized spacial score (nSPS) is 22.1. The van der Waals surface area contributed by atoms with Crippen molar-refractivity contribution in [1.82, 2.24) is 0 Å². The molecule has 0 aromatic rings. The lowest BCUT2D eigenvalue weighted by molar-refractivity contribution is -0.112. The minimum atomic E-state index is -0.557. The van der Waals surface area contributed by atoms with Gasteiger partial charge in [0.1, 0.15) is 0 Å². The van der Waals surface area contributed by atoms with E-state index in [1.165, 1.54) is 0 Å². The summed E-state index contributed by atoms with van der Waals surface area (Å²) in [5, 5.41) is 9.71. The topological polar surface area (TPSA) is 37.3 Å². The number of halogens is 1. The molecule has 1 unspecified atom stereocenters. The molecule has 1 atom stereocenters. The van der Waals surface area contributed by atoms with Crippen LogP contribution >= 0.6 is 22.6 Å². The number of ketones is 1. The molecule has 0 radical (unpaired) electrons. The lowest BCUT2D eigenvalue weighted by atomic mass is 9.93. The third kappa shape index (κ3) is 2.92. The summed E-state index contributed by atoms with van der Waals surface area (Å²) in [5.74, 6) is -0.0263. The highest BCUT2D eigenvalue weighted by Crippen LogP contribution is 2.30. The van der Waals surface area contributed by atoms with Crippen LogP contribution in [0.5, 0.6) is 0 Å². The monoisotopic (exact) mass is 306 g/mol. The first-order valence-electron chi connectivity index (χ1n) is 4.78. The van der Waals surface area contributed by atoms with Crippen LogP contribution < -0.4 is 0 Å². The van der Waals surface area contributed by atoms with Crippen molar-refractivity contribution in [3.63, 3.8) is 0 Å². The molecule has 0 spiro atoms. The van der Waals surface area contributed by atoms with Gasteiger partial charge in [-0.05, 0) is 61.8 Å². The Morgan fingerprint density at radius 2 is 2.21 bits per heavy atom. The van der Waals surface area contributed by atoms with E-state index in [-0.39, 0.29) is 5.78 Å². The van der Waals surface area contributed by atoms with Crippen LogP contribution in [0.2, 0.25) is 0 Å². The Kier molecular flexibility index (Phi) is 4.31. The zero-order valence-corrected chi connectivity index (χ0v) is 10.7. The molecule has 0 amide bonds. The Hall–Kier alpha value is -0.160. The van der Waals surface area contributed by atoms with Gasteiger partial charge in [-0.25, -0.2) is 0 Å². The van der Waals surface area contributed by atoms with Crippen molar-refractivity contribution < 1.29 is 9.90 Å². The van der Waals surface area contributed by atoms with Gasteiger partial charge in [-0.15, -0.1) is 0 Å². The minimum absolute atomic E-state index is 0.0263. The molecule has 0 saturated heterocycles. The van der Waals surface area contributed by atoms with Gasteiger partial charge in [0.15, 0.2) is 5.78 Å². The predicted molar refractivity (Wildman–Crippen MR) is 65.3 cm³/mol. The number of carbonyl (C=O) groups is 1. The van der Waals surface area contributed by atoms with Gasteiger partial charge in [-0.2, -0.15) is 0 Å². The lowest BCUT2D eigenvalue weighted by Crippen LogP contribution is -2.21. The van der Waals surface area contributed by atoms with E-state index in [1.807, 2.05) is 13.8 Å². The van der Waals surface area contributed by atoms with Crippen LogP contribution in [0.1, 0.15) is 33.1 Å². The number of aliphatic hydroxyl groups is 1. The predicted octanol–water partition coefficient (Wildman–Crippen LogP) is 2.76. The van der Waals surface area contributed by atoms with Crippen molar-refractivity contribution in [3.8, 4) is 0 Å². The molecule has 78 valence electrons. The second kappa shape index (κ2) is 5.07. The summed E-state index contributed by atoms with van der Waals surface area (Å²) in [5.41, 5.74) is 1.59. The van der Waals surface area contributed by atoms with Crippen LogP contribution in [0.15, 0.2) is 20.8 Å². The highest BCUT2D eigenvalue weighted by molar-refractivity contribution is 14.1. The molecule has 0 saturated carbocycles. The Labute approximate surface area is 98.2 Å². The molecule has 14 heavy (non-hydrogen) atoms. The first kappa shape index (κ1) is 11.9. The summed E-state index contributed by atoms with van der Waals surface area (Å²) in [7, 11) is 0. The van der Waals surface area contributed by atoms with Gasteiger partial charge in [0.05, 0.1) is 6.10 Å². The highest BCUT2D eigenvalue weighted by Gasteiger charge is 2.23. The quantitative estimate of drug-likeness (QED) is 0.629. The second-order valence-corrected chi connectivity index (χ2v) is 5.11. The van der Waals surface area contributed by atoms with Gasteiger partial charge in [0.2, 0.25) is 0 Å². The molecule has 0 bridgehead atoms. The maximum absolute atomic E-state index is 11.7. The molecule has 1 N–H and O–H groups in total. The van der Waals surface area contributed by atoms with Gasteiger partial charge in [-0.1, -0.05) is 5.57 Å². The first-order chi connectivity index (χ1) is 6.52. The number of rotatable bonds is 2. The summed E-state index contributed by atoms with van der Waals surface area (Å²) < 4.78 is 1.02. The number of aliphatic hydroxyl groups excluding tert-OH is 1. The number of carbonyl (C=O) groups excluding carboxylic acids is 1. The van der Waals surface area contributed by atoms with Crippen LogP contribution in [0.25, 0.3) is 0 Å². The van der Waals surface area contributed by atoms with Gasteiger partial charge < -0.3 is 5.11 Å². The Balaban J connectivity index is 2.94. The van der Waals surface area contributed by atoms with E-state index >= 15 is 0 Å². The summed E-state index contributed by atoms with van der Waals surface area (Å²) >= 11 is 2.17. The fourth-order valence-electron chi connectivity index (χ4n) is 1.55. The molecule has 3 heteroatoms. The van der Waals surface area contributed by atoms with E-state index in [0.29, 0.717) is 12.0 Å². The van der Waals surface area contributed by atoms with Gasteiger partial charge in [0.25, 0.3) is 0 Å². The summed E-state index contributed by atoms with van der Waals surface area (Å²) in [6, 6.07) is 0. The molecule has 0 fully saturated rings. The molecule has 0 aromatic carbocycles. The maximum atomic E-state index is 11.7. The minimum Gasteiger partial charge on any atom is -0.388 e. The Morgan fingerprint density at radius 1 is 1.57 bits per heavy atom. The number of hydrogen-bond acceptors (Lipinski definition) is 2. The fraction of sp³-hybridized carbons (Fsp3) is 0.545. The summed E-state index contributed by atoms with van der Waals surface area (Å²) in [6.45, 7) is 3.78. The third-order valence-electron chi connectivity index (χ3n) is 2.18. The molecule has 1 aliphatic rings. The Morgan fingerprint density at radius 3 is 2.71 bits per heavy atom. The van der Waals surface area contributed by atoms with E-state index in [0.717, 1.165) is 22.0 Å². The van der Waals surface area contributed by atoms with Crippen LogP contribution in [-0.4, -0.2) is 17.0 Å². The summed E-state index contributed by atoms with van der Waals surface area (Å²) in [4.78, 5) is 11.7. The maximum Gasteiger partial charge on any atom is 0.185 e. The van der Waals surface area contributed by atoms with Crippen molar-refractivity contribution >= 4 is 28.4 Å². The van der Waals surface area contributed by atoms with Gasteiger partial charge >= 0.3 is 0 Å². The SMILES string of the molecule is CC(C)=CC(=O)C1=C(I)CCCC1O. The zero-order chi connectivity index (χ0) is 10.7. The van der Waals surface area contributed by atoms with E-state index in [9.17, 15) is 9.90 Å². The van der Waals surface area contributed by atoms with Crippen LogP contribution in [-0.2, 0) is 4.79 Å². The van der Waals surface area contributed by atoms with Crippen molar-refractivity contribution in [2.45, 2.75) is 39.2 Å². The largest absolute Gasteiger partial charge is 0.388 e. The highest BCUT2D eigenvalue weighted by atomic mass is 127. The van der Waals surface area contributed by atoms with E-state index in [2.05, 4.69) is 22.6 Å². The van der Waals surface area contributed by atoms with E-state index in [4.69, 9.17) is 0 Å². The van der Waals surface area contributed by atoms with Crippen molar-refractivity contribution in [3.05, 3.63) is 20.8 Å². The molecule has 0 heterocycles. The first-order valence-corrected chi connectivity index (χ1v) is 5.86. The standard InChI is InChI=1S/C11H15IO2/c1-7(2)6-10(14)11-8(12)4-3-5-9(11)13/h6,9,13H,3-5H2,1-2H3. The number of allylic oxidation sites excluding steroid dienone is 3. The van der Waals surface area contributed by atoms with Crippen LogP contribution in [0.3, 0.4) is 0 Å².